The van der Waals surface area contributed by atoms with Crippen LogP contribution in [-0.2, 0) is 19.0 Å². The molecule has 3 aromatic heterocycles. The summed E-state index contributed by atoms with van der Waals surface area (Å²) in [5, 5.41) is 12.2. The number of hydrogen-bond acceptors (Lipinski definition) is 6. The van der Waals surface area contributed by atoms with Crippen LogP contribution < -0.4 is 0 Å². The van der Waals surface area contributed by atoms with E-state index in [0.29, 0.717) is 21.1 Å². The SMILES string of the molecule is Cn1cc(-c2nnc(SCc3cnc(Cl)s3)n2-c2ccccc2)c(C(F)(F)F)n1. The topological polar surface area (TPSA) is 61.4 Å². The van der Waals surface area contributed by atoms with Crippen molar-refractivity contribution in [2.75, 3.05) is 0 Å². The molecule has 0 saturated heterocycles. The Kier molecular flexibility index (Phi) is 5.36. The van der Waals surface area contributed by atoms with Gasteiger partial charge in [0.05, 0.1) is 5.56 Å². The van der Waals surface area contributed by atoms with Crippen molar-refractivity contribution in [3.05, 3.63) is 57.8 Å². The van der Waals surface area contributed by atoms with Crippen LogP contribution in [0.3, 0.4) is 0 Å². The maximum Gasteiger partial charge on any atom is 0.435 e. The lowest BCUT2D eigenvalue weighted by Crippen LogP contribution is -2.09. The summed E-state index contributed by atoms with van der Waals surface area (Å²) in [5.74, 6) is 0.579. The number of thiazole rings is 1. The van der Waals surface area contributed by atoms with Crippen molar-refractivity contribution in [1.29, 1.82) is 0 Å². The van der Waals surface area contributed by atoms with Crippen LogP contribution in [0.4, 0.5) is 13.2 Å². The van der Waals surface area contributed by atoms with Crippen molar-refractivity contribution in [2.24, 2.45) is 7.05 Å². The Labute approximate surface area is 176 Å². The molecule has 0 fully saturated rings. The van der Waals surface area contributed by atoms with Gasteiger partial charge in [-0.2, -0.15) is 18.3 Å². The molecule has 0 atom stereocenters. The van der Waals surface area contributed by atoms with Gasteiger partial charge in [-0.25, -0.2) is 4.98 Å². The van der Waals surface area contributed by atoms with E-state index in [0.717, 1.165) is 9.56 Å². The number of rotatable bonds is 5. The molecule has 0 unspecified atom stereocenters. The maximum absolute atomic E-state index is 13.5. The fourth-order valence-corrected chi connectivity index (χ4v) is 4.65. The summed E-state index contributed by atoms with van der Waals surface area (Å²) >= 11 is 8.54. The van der Waals surface area contributed by atoms with E-state index in [4.69, 9.17) is 11.6 Å². The third-order valence-corrected chi connectivity index (χ3v) is 6.13. The second-order valence-electron chi connectivity index (χ2n) is 5.91. The van der Waals surface area contributed by atoms with Crippen molar-refractivity contribution >= 4 is 34.7 Å². The Morgan fingerprint density at radius 3 is 2.59 bits per heavy atom. The molecule has 0 aliphatic carbocycles. The predicted octanol–water partition coefficient (Wildman–Crippen LogP) is 5.09. The Bertz CT molecular complexity index is 1140. The van der Waals surface area contributed by atoms with Gasteiger partial charge in [0.2, 0.25) is 0 Å². The Balaban J connectivity index is 1.80. The van der Waals surface area contributed by atoms with Gasteiger partial charge in [-0.05, 0) is 12.1 Å². The van der Waals surface area contributed by atoms with Gasteiger partial charge < -0.3 is 0 Å². The van der Waals surface area contributed by atoms with Crippen LogP contribution in [0.2, 0.25) is 4.47 Å². The quantitative estimate of drug-likeness (QED) is 0.391. The minimum Gasteiger partial charge on any atom is -0.274 e. The number of hydrogen-bond donors (Lipinski definition) is 0. The van der Waals surface area contributed by atoms with Crippen LogP contribution in [0, 0.1) is 0 Å². The molecule has 0 N–H and O–H groups in total. The van der Waals surface area contributed by atoms with E-state index in [1.807, 2.05) is 6.07 Å². The first kappa shape index (κ1) is 19.9. The number of benzene rings is 1. The molecule has 150 valence electrons. The summed E-state index contributed by atoms with van der Waals surface area (Å²) < 4.78 is 43.7. The lowest BCUT2D eigenvalue weighted by molar-refractivity contribution is -0.141. The minimum absolute atomic E-state index is 0.0708. The molecule has 0 spiro atoms. The minimum atomic E-state index is -4.61. The largest absolute Gasteiger partial charge is 0.435 e. The molecule has 1 aromatic carbocycles. The molecule has 0 radical (unpaired) electrons. The van der Waals surface area contributed by atoms with Gasteiger partial charge in [0.1, 0.15) is 0 Å². The van der Waals surface area contributed by atoms with E-state index in [1.165, 1.54) is 36.3 Å². The smallest absolute Gasteiger partial charge is 0.274 e. The summed E-state index contributed by atoms with van der Waals surface area (Å²) in [6.45, 7) is 0. The van der Waals surface area contributed by atoms with Gasteiger partial charge >= 0.3 is 6.18 Å². The standard InChI is InChI=1S/C17H12ClF3N6S2/c1-26-8-12(13(25-26)17(19,20)21)14-23-24-16(27(14)10-5-3-2-4-6-10)28-9-11-7-22-15(18)29-11/h2-8H,9H2,1H3. The summed E-state index contributed by atoms with van der Waals surface area (Å²) in [6, 6.07) is 8.98. The molecule has 12 heteroatoms. The highest BCUT2D eigenvalue weighted by Crippen LogP contribution is 2.38. The molecule has 0 amide bonds. The Morgan fingerprint density at radius 1 is 1.17 bits per heavy atom. The number of aryl methyl sites for hydroxylation is 1. The zero-order valence-electron chi connectivity index (χ0n) is 14.8. The van der Waals surface area contributed by atoms with Gasteiger partial charge in [0, 0.05) is 35.8 Å². The van der Waals surface area contributed by atoms with E-state index in [9.17, 15) is 13.2 Å². The van der Waals surface area contributed by atoms with Gasteiger partial charge in [-0.1, -0.05) is 41.6 Å². The van der Waals surface area contributed by atoms with E-state index in [1.54, 1.807) is 35.0 Å². The van der Waals surface area contributed by atoms with Crippen LogP contribution in [0.15, 0.2) is 47.9 Å². The zero-order valence-corrected chi connectivity index (χ0v) is 17.1. The van der Waals surface area contributed by atoms with Crippen molar-refractivity contribution in [3.63, 3.8) is 0 Å². The van der Waals surface area contributed by atoms with E-state index < -0.39 is 11.9 Å². The molecular formula is C17H12ClF3N6S2. The third-order valence-electron chi connectivity index (χ3n) is 3.85. The molecule has 6 nitrogen and oxygen atoms in total. The number of aromatic nitrogens is 6. The first-order chi connectivity index (χ1) is 13.8. The van der Waals surface area contributed by atoms with Crippen molar-refractivity contribution in [2.45, 2.75) is 17.1 Å². The molecule has 0 aliphatic rings. The second-order valence-corrected chi connectivity index (χ2v) is 8.55. The van der Waals surface area contributed by atoms with Crippen molar-refractivity contribution in [1.82, 2.24) is 29.5 Å². The molecule has 4 rings (SSSR count). The average Bonchev–Trinajstić information content (AvgIpc) is 3.38. The van der Waals surface area contributed by atoms with Gasteiger partial charge in [-0.3, -0.25) is 9.25 Å². The van der Waals surface area contributed by atoms with Crippen LogP contribution in [0.1, 0.15) is 10.6 Å². The number of alkyl halides is 3. The fraction of sp³-hybridized carbons (Fsp3) is 0.176. The summed E-state index contributed by atoms with van der Waals surface area (Å²) in [4.78, 5) is 4.91. The molecule has 0 saturated carbocycles. The van der Waals surface area contributed by atoms with E-state index >= 15 is 0 Å². The first-order valence-corrected chi connectivity index (χ1v) is 10.4. The fourth-order valence-electron chi connectivity index (χ4n) is 2.70. The van der Waals surface area contributed by atoms with Crippen molar-refractivity contribution < 1.29 is 13.2 Å². The summed E-state index contributed by atoms with van der Waals surface area (Å²) in [7, 11) is 1.44. The number of para-hydroxylation sites is 1. The van der Waals surface area contributed by atoms with E-state index in [-0.39, 0.29) is 11.4 Å². The highest BCUT2D eigenvalue weighted by Gasteiger charge is 2.39. The van der Waals surface area contributed by atoms with Crippen LogP contribution in [0.5, 0.6) is 0 Å². The molecule has 3 heterocycles. The van der Waals surface area contributed by atoms with Crippen LogP contribution in [0.25, 0.3) is 17.1 Å². The van der Waals surface area contributed by atoms with Crippen LogP contribution >= 0.6 is 34.7 Å². The summed E-state index contributed by atoms with van der Waals surface area (Å²) in [6.07, 6.45) is -1.66. The second kappa shape index (κ2) is 7.81. The average molecular weight is 457 g/mol. The van der Waals surface area contributed by atoms with Gasteiger partial charge in [0.25, 0.3) is 0 Å². The lowest BCUT2D eigenvalue weighted by atomic mass is 10.2. The van der Waals surface area contributed by atoms with Crippen LogP contribution in [-0.4, -0.2) is 29.5 Å². The Hall–Kier alpha value is -2.37. The predicted molar refractivity (Wildman–Crippen MR) is 105 cm³/mol. The van der Waals surface area contributed by atoms with E-state index in [2.05, 4.69) is 20.3 Å². The molecular weight excluding hydrogens is 445 g/mol. The highest BCUT2D eigenvalue weighted by molar-refractivity contribution is 7.98. The third kappa shape index (κ3) is 4.16. The lowest BCUT2D eigenvalue weighted by Gasteiger charge is -2.11. The molecule has 0 aliphatic heterocycles. The molecule has 4 aromatic rings. The maximum atomic E-state index is 13.5. The monoisotopic (exact) mass is 456 g/mol. The van der Waals surface area contributed by atoms with Gasteiger partial charge in [-0.15, -0.1) is 21.5 Å². The first-order valence-electron chi connectivity index (χ1n) is 8.18. The zero-order chi connectivity index (χ0) is 20.6. The number of nitrogens with zero attached hydrogens (tertiary/aromatic N) is 6. The number of halogens is 4. The summed E-state index contributed by atoms with van der Waals surface area (Å²) in [5.41, 5.74) is -0.492. The Morgan fingerprint density at radius 2 is 1.93 bits per heavy atom. The molecule has 29 heavy (non-hydrogen) atoms. The van der Waals surface area contributed by atoms with Gasteiger partial charge in [0.15, 0.2) is 21.1 Å². The normalized spacial score (nSPS) is 11.9. The molecule has 0 bridgehead atoms. The van der Waals surface area contributed by atoms with Crippen molar-refractivity contribution in [3.8, 4) is 17.1 Å². The number of thioether (sulfide) groups is 1. The highest BCUT2D eigenvalue weighted by atomic mass is 35.5.